The average molecular weight is 307 g/mol. The van der Waals surface area contributed by atoms with E-state index in [1.165, 1.54) is 0 Å². The molecule has 0 spiro atoms. The van der Waals surface area contributed by atoms with E-state index in [2.05, 4.69) is 9.88 Å². The molecule has 0 radical (unpaired) electrons. The number of rotatable bonds is 4. The molecule has 1 amide bonds. The fourth-order valence-electron chi connectivity index (χ4n) is 2.71. The minimum atomic E-state index is 0.0634. The van der Waals surface area contributed by atoms with E-state index in [1.807, 2.05) is 34.9 Å². The van der Waals surface area contributed by atoms with E-state index in [9.17, 15) is 4.79 Å². The summed E-state index contributed by atoms with van der Waals surface area (Å²) in [6, 6.07) is 5.91. The molecule has 2 aliphatic heterocycles. The van der Waals surface area contributed by atoms with E-state index in [0.717, 1.165) is 50.8 Å². The normalized spacial score (nSPS) is 24.3. The zero-order chi connectivity index (χ0) is 14.5. The van der Waals surface area contributed by atoms with Gasteiger partial charge in [-0.15, -0.1) is 11.8 Å². The van der Waals surface area contributed by atoms with Crippen molar-refractivity contribution in [1.82, 2.24) is 14.8 Å². The van der Waals surface area contributed by atoms with E-state index in [4.69, 9.17) is 4.74 Å². The molecule has 0 aromatic carbocycles. The summed E-state index contributed by atoms with van der Waals surface area (Å²) in [4.78, 5) is 21.1. The topological polar surface area (TPSA) is 45.7 Å². The molecule has 5 nitrogen and oxygen atoms in total. The predicted octanol–water partition coefficient (Wildman–Crippen LogP) is 1.38. The van der Waals surface area contributed by atoms with Gasteiger partial charge in [-0.1, -0.05) is 6.07 Å². The maximum Gasteiger partial charge on any atom is 0.224 e. The molecule has 2 aliphatic rings. The van der Waals surface area contributed by atoms with Gasteiger partial charge >= 0.3 is 0 Å². The molecule has 0 bridgehead atoms. The second-order valence-electron chi connectivity index (χ2n) is 5.27. The van der Waals surface area contributed by atoms with Gasteiger partial charge in [-0.2, -0.15) is 0 Å². The second-order valence-corrected chi connectivity index (χ2v) is 6.46. The summed E-state index contributed by atoms with van der Waals surface area (Å²) in [6.45, 7) is 5.21. The van der Waals surface area contributed by atoms with Crippen LogP contribution in [0.3, 0.4) is 0 Å². The van der Waals surface area contributed by atoms with Crippen molar-refractivity contribution in [1.29, 1.82) is 0 Å². The number of ether oxygens (including phenoxy) is 1. The van der Waals surface area contributed by atoms with Gasteiger partial charge in [0.1, 0.15) is 5.37 Å². The molecule has 1 aromatic heterocycles. The first-order valence-electron chi connectivity index (χ1n) is 7.47. The van der Waals surface area contributed by atoms with Gasteiger partial charge in [0.05, 0.1) is 18.9 Å². The molecule has 21 heavy (non-hydrogen) atoms. The first-order valence-corrected chi connectivity index (χ1v) is 8.51. The fourth-order valence-corrected chi connectivity index (χ4v) is 3.93. The largest absolute Gasteiger partial charge is 0.379 e. The first kappa shape index (κ1) is 14.8. The Balaban J connectivity index is 1.65. The van der Waals surface area contributed by atoms with Crippen molar-refractivity contribution >= 4 is 17.7 Å². The third kappa shape index (κ3) is 3.75. The number of amides is 1. The molecule has 1 atom stereocenters. The van der Waals surface area contributed by atoms with Crippen LogP contribution in [0.25, 0.3) is 0 Å². The highest BCUT2D eigenvalue weighted by atomic mass is 32.2. The SMILES string of the molecule is O=C1CCSC(c2ccccn2)N1CCN1CCOCC1. The molecule has 2 fully saturated rings. The third-order valence-electron chi connectivity index (χ3n) is 3.90. The van der Waals surface area contributed by atoms with Crippen LogP contribution >= 0.6 is 11.8 Å². The highest BCUT2D eigenvalue weighted by Crippen LogP contribution is 2.35. The highest BCUT2D eigenvalue weighted by molar-refractivity contribution is 7.99. The van der Waals surface area contributed by atoms with Gasteiger partial charge in [-0.05, 0) is 12.1 Å². The summed E-state index contributed by atoms with van der Waals surface area (Å²) in [5.41, 5.74) is 0.984. The van der Waals surface area contributed by atoms with Crippen LogP contribution < -0.4 is 0 Å². The fraction of sp³-hybridized carbons (Fsp3) is 0.600. The number of nitrogens with zero attached hydrogens (tertiary/aromatic N) is 3. The van der Waals surface area contributed by atoms with Crippen LogP contribution in [0.4, 0.5) is 0 Å². The van der Waals surface area contributed by atoms with Crippen LogP contribution in [0.15, 0.2) is 24.4 Å². The van der Waals surface area contributed by atoms with Crippen LogP contribution in [0.2, 0.25) is 0 Å². The number of hydrogen-bond acceptors (Lipinski definition) is 5. The van der Waals surface area contributed by atoms with Crippen LogP contribution in [0.1, 0.15) is 17.5 Å². The molecule has 2 saturated heterocycles. The Morgan fingerprint density at radius 1 is 1.29 bits per heavy atom. The number of carbonyl (C=O) groups is 1. The monoisotopic (exact) mass is 307 g/mol. The molecule has 114 valence electrons. The maximum atomic E-state index is 12.3. The quantitative estimate of drug-likeness (QED) is 0.841. The minimum Gasteiger partial charge on any atom is -0.379 e. The van der Waals surface area contributed by atoms with Crippen molar-refractivity contribution < 1.29 is 9.53 Å². The maximum absolute atomic E-state index is 12.3. The summed E-state index contributed by atoms with van der Waals surface area (Å²) < 4.78 is 5.37. The Kier molecular flexibility index (Phi) is 5.11. The molecule has 6 heteroatoms. The van der Waals surface area contributed by atoms with Gasteiger partial charge < -0.3 is 9.64 Å². The summed E-state index contributed by atoms with van der Waals surface area (Å²) in [5, 5.41) is 0.0634. The van der Waals surface area contributed by atoms with Gasteiger partial charge in [0.2, 0.25) is 5.91 Å². The third-order valence-corrected chi connectivity index (χ3v) is 5.15. The Hall–Kier alpha value is -1.11. The van der Waals surface area contributed by atoms with Crippen molar-refractivity contribution in [2.24, 2.45) is 0 Å². The zero-order valence-corrected chi connectivity index (χ0v) is 12.9. The number of hydrogen-bond donors (Lipinski definition) is 0. The zero-order valence-electron chi connectivity index (χ0n) is 12.1. The molecule has 0 saturated carbocycles. The molecule has 3 heterocycles. The van der Waals surface area contributed by atoms with E-state index >= 15 is 0 Å². The predicted molar refractivity (Wildman–Crippen MR) is 83.0 cm³/mol. The van der Waals surface area contributed by atoms with Crippen molar-refractivity contribution in [3.05, 3.63) is 30.1 Å². The summed E-state index contributed by atoms with van der Waals surface area (Å²) in [7, 11) is 0. The van der Waals surface area contributed by atoms with Gasteiger partial charge in [0.15, 0.2) is 0 Å². The van der Waals surface area contributed by atoms with E-state index in [1.54, 1.807) is 6.20 Å². The minimum absolute atomic E-state index is 0.0634. The number of pyridine rings is 1. The van der Waals surface area contributed by atoms with Crippen LogP contribution in [-0.4, -0.2) is 65.8 Å². The summed E-state index contributed by atoms with van der Waals surface area (Å²) in [5.74, 6) is 1.13. The molecule has 0 aliphatic carbocycles. The van der Waals surface area contributed by atoms with Crippen molar-refractivity contribution in [2.75, 3.05) is 45.1 Å². The standard InChI is InChI=1S/C15H21N3O2S/c19-14-4-12-21-15(13-3-1-2-5-16-13)18(14)7-6-17-8-10-20-11-9-17/h1-3,5,15H,4,6-12H2. The Labute approximate surface area is 129 Å². The molecular weight excluding hydrogens is 286 g/mol. The Morgan fingerprint density at radius 3 is 2.90 bits per heavy atom. The van der Waals surface area contributed by atoms with Crippen LogP contribution in [0, 0.1) is 0 Å². The summed E-state index contributed by atoms with van der Waals surface area (Å²) >= 11 is 1.81. The Bertz CT molecular complexity index is 465. The van der Waals surface area contributed by atoms with E-state index in [0.29, 0.717) is 6.42 Å². The lowest BCUT2D eigenvalue weighted by molar-refractivity contribution is -0.132. The number of thioether (sulfide) groups is 1. The lowest BCUT2D eigenvalue weighted by Crippen LogP contribution is -2.45. The van der Waals surface area contributed by atoms with Gasteiger partial charge in [0, 0.05) is 44.5 Å². The van der Waals surface area contributed by atoms with Crippen molar-refractivity contribution in [2.45, 2.75) is 11.8 Å². The number of morpholine rings is 1. The van der Waals surface area contributed by atoms with E-state index in [-0.39, 0.29) is 11.3 Å². The van der Waals surface area contributed by atoms with Crippen molar-refractivity contribution in [3.63, 3.8) is 0 Å². The lowest BCUT2D eigenvalue weighted by Gasteiger charge is -2.36. The van der Waals surface area contributed by atoms with Gasteiger partial charge in [0.25, 0.3) is 0 Å². The second kappa shape index (κ2) is 7.24. The molecular formula is C15H21N3O2S. The van der Waals surface area contributed by atoms with Crippen LogP contribution in [-0.2, 0) is 9.53 Å². The van der Waals surface area contributed by atoms with Crippen LogP contribution in [0.5, 0.6) is 0 Å². The number of aromatic nitrogens is 1. The summed E-state index contributed by atoms with van der Waals surface area (Å²) in [6.07, 6.45) is 2.44. The molecule has 1 unspecified atom stereocenters. The number of carbonyl (C=O) groups excluding carboxylic acids is 1. The first-order chi connectivity index (χ1) is 10.3. The van der Waals surface area contributed by atoms with Crippen molar-refractivity contribution in [3.8, 4) is 0 Å². The van der Waals surface area contributed by atoms with Gasteiger partial charge in [-0.3, -0.25) is 14.7 Å². The lowest BCUT2D eigenvalue weighted by atomic mass is 10.2. The average Bonchev–Trinajstić information content (AvgIpc) is 2.55. The Morgan fingerprint density at radius 2 is 2.14 bits per heavy atom. The molecule has 0 N–H and O–H groups in total. The van der Waals surface area contributed by atoms with Gasteiger partial charge in [-0.25, -0.2) is 0 Å². The molecule has 1 aromatic rings. The van der Waals surface area contributed by atoms with E-state index < -0.39 is 0 Å². The smallest absolute Gasteiger partial charge is 0.224 e. The highest BCUT2D eigenvalue weighted by Gasteiger charge is 2.30. The molecule has 3 rings (SSSR count).